The van der Waals surface area contributed by atoms with Crippen LogP contribution in [0.4, 0.5) is 5.95 Å². The maximum atomic E-state index is 5.53. The normalized spacial score (nSPS) is 10.6. The smallest absolute Gasteiger partial charge is 0.259 e. The first-order chi connectivity index (χ1) is 5.27. The van der Waals surface area contributed by atoms with Gasteiger partial charge in [0.05, 0.1) is 0 Å². The molecule has 2 heterocycles. The van der Waals surface area contributed by atoms with Crippen LogP contribution in [0.3, 0.4) is 0 Å². The maximum absolute atomic E-state index is 5.53. The molecule has 2 aromatic heterocycles. The Morgan fingerprint density at radius 2 is 2.27 bits per heavy atom. The van der Waals surface area contributed by atoms with Crippen LogP contribution in [-0.4, -0.2) is 24.6 Å². The minimum Gasteiger partial charge on any atom is -0.369 e. The first-order valence-corrected chi connectivity index (χ1v) is 3.07. The molecule has 0 saturated carbocycles. The number of nitrogen functional groups attached to an aromatic ring is 1. The van der Waals surface area contributed by atoms with Crippen LogP contribution in [0.25, 0.3) is 5.78 Å². The fourth-order valence-corrected chi connectivity index (χ4v) is 0.856. The summed E-state index contributed by atoms with van der Waals surface area (Å²) in [7, 11) is 0. The van der Waals surface area contributed by atoms with Crippen LogP contribution in [0, 0.1) is 6.92 Å². The number of hydrogen-bond acceptors (Lipinski definition) is 5. The van der Waals surface area contributed by atoms with Crippen LogP contribution in [-0.2, 0) is 0 Å². The lowest BCUT2D eigenvalue weighted by Crippen LogP contribution is -2.03. The number of anilines is 1. The summed E-state index contributed by atoms with van der Waals surface area (Å²) in [6.45, 7) is 1.76. The van der Waals surface area contributed by atoms with Gasteiger partial charge in [0, 0.05) is 0 Å². The van der Waals surface area contributed by atoms with E-state index in [1.54, 1.807) is 6.92 Å². The quantitative estimate of drug-likeness (QED) is 0.542. The van der Waals surface area contributed by atoms with E-state index in [1.807, 2.05) is 0 Å². The van der Waals surface area contributed by atoms with E-state index in [2.05, 4.69) is 20.2 Å². The van der Waals surface area contributed by atoms with Crippen molar-refractivity contribution in [3.8, 4) is 0 Å². The highest BCUT2D eigenvalue weighted by Gasteiger charge is 2.01. The van der Waals surface area contributed by atoms with Crippen molar-refractivity contribution in [1.29, 1.82) is 0 Å². The average molecular weight is 150 g/mol. The van der Waals surface area contributed by atoms with Gasteiger partial charge in [0.25, 0.3) is 5.78 Å². The predicted octanol–water partition coefficient (Wildman–Crippen LogP) is -0.590. The molecule has 0 unspecified atom stereocenters. The fourth-order valence-electron chi connectivity index (χ4n) is 0.856. The Kier molecular flexibility index (Phi) is 1.03. The summed E-state index contributed by atoms with van der Waals surface area (Å²) >= 11 is 0. The fraction of sp³-hybridized carbons (Fsp3) is 0.200. The Hall–Kier alpha value is -1.72. The van der Waals surface area contributed by atoms with Crippen LogP contribution in [0.2, 0.25) is 0 Å². The van der Waals surface area contributed by atoms with E-state index in [9.17, 15) is 0 Å². The molecular weight excluding hydrogens is 144 g/mol. The van der Waals surface area contributed by atoms with Crippen molar-refractivity contribution in [2.45, 2.75) is 6.92 Å². The lowest BCUT2D eigenvalue weighted by Gasteiger charge is -1.96. The zero-order valence-corrected chi connectivity index (χ0v) is 5.89. The van der Waals surface area contributed by atoms with Gasteiger partial charge in [-0.25, -0.2) is 4.40 Å². The van der Waals surface area contributed by atoms with Crippen molar-refractivity contribution in [1.82, 2.24) is 24.6 Å². The van der Waals surface area contributed by atoms with E-state index >= 15 is 0 Å². The third-order valence-corrected chi connectivity index (χ3v) is 1.31. The molecule has 11 heavy (non-hydrogen) atoms. The van der Waals surface area contributed by atoms with E-state index < -0.39 is 0 Å². The van der Waals surface area contributed by atoms with Gasteiger partial charge in [0.15, 0.2) is 0 Å². The van der Waals surface area contributed by atoms with Gasteiger partial charge in [-0.2, -0.15) is 9.97 Å². The molecule has 0 radical (unpaired) electrons. The summed E-state index contributed by atoms with van der Waals surface area (Å²) in [5.41, 5.74) is 5.53. The molecule has 2 N–H and O–H groups in total. The molecule has 0 saturated heterocycles. The number of aromatic nitrogens is 5. The van der Waals surface area contributed by atoms with Gasteiger partial charge in [-0.15, -0.1) is 10.2 Å². The molecule has 6 heteroatoms. The van der Waals surface area contributed by atoms with Crippen molar-refractivity contribution in [3.63, 3.8) is 0 Å². The lowest BCUT2D eigenvalue weighted by molar-refractivity contribution is 0.972. The van der Waals surface area contributed by atoms with E-state index in [0.29, 0.717) is 17.6 Å². The van der Waals surface area contributed by atoms with Crippen molar-refractivity contribution < 1.29 is 0 Å². The second kappa shape index (κ2) is 1.88. The van der Waals surface area contributed by atoms with Crippen molar-refractivity contribution in [2.24, 2.45) is 0 Å². The van der Waals surface area contributed by atoms with Crippen molar-refractivity contribution >= 4 is 11.7 Å². The van der Waals surface area contributed by atoms with Gasteiger partial charge >= 0.3 is 0 Å². The van der Waals surface area contributed by atoms with Crippen LogP contribution in [0.1, 0.15) is 5.82 Å². The molecule has 0 bridgehead atoms. The third-order valence-electron chi connectivity index (χ3n) is 1.31. The molecule has 0 atom stereocenters. The van der Waals surface area contributed by atoms with Gasteiger partial charge in [0.2, 0.25) is 5.95 Å². The van der Waals surface area contributed by atoms with Gasteiger partial charge in [-0.1, -0.05) is 0 Å². The number of aryl methyl sites for hydroxylation is 1. The van der Waals surface area contributed by atoms with E-state index in [1.165, 1.54) is 10.7 Å². The highest BCUT2D eigenvalue weighted by molar-refractivity contribution is 5.34. The van der Waals surface area contributed by atoms with Crippen LogP contribution in [0.5, 0.6) is 0 Å². The molecule has 0 aliphatic rings. The standard InChI is InChI=1S/C5H6N6/c1-3-8-4(6)11-2-7-10-5(11)9-3/h2H,1H3,(H2,6,8,9,10). The summed E-state index contributed by atoms with van der Waals surface area (Å²) in [4.78, 5) is 7.92. The average Bonchev–Trinajstić information content (AvgIpc) is 2.34. The van der Waals surface area contributed by atoms with Gasteiger partial charge < -0.3 is 5.73 Å². The summed E-state index contributed by atoms with van der Waals surface area (Å²) in [6, 6.07) is 0. The lowest BCUT2D eigenvalue weighted by atomic mass is 10.7. The largest absolute Gasteiger partial charge is 0.369 e. The molecule has 56 valence electrons. The van der Waals surface area contributed by atoms with E-state index in [0.717, 1.165) is 0 Å². The predicted molar refractivity (Wildman–Crippen MR) is 37.7 cm³/mol. The van der Waals surface area contributed by atoms with Gasteiger partial charge in [-0.3, -0.25) is 0 Å². The molecule has 0 aromatic carbocycles. The Morgan fingerprint density at radius 1 is 1.45 bits per heavy atom. The van der Waals surface area contributed by atoms with E-state index in [-0.39, 0.29) is 0 Å². The summed E-state index contributed by atoms with van der Waals surface area (Å²) < 4.78 is 1.52. The molecule has 0 amide bonds. The Labute approximate surface area is 62.1 Å². The number of rotatable bonds is 0. The summed E-state index contributed by atoms with van der Waals surface area (Å²) in [5.74, 6) is 1.44. The Morgan fingerprint density at radius 3 is 3.09 bits per heavy atom. The van der Waals surface area contributed by atoms with Crippen molar-refractivity contribution in [2.75, 3.05) is 5.73 Å². The molecular formula is C5H6N6. The minimum atomic E-state index is 0.359. The molecule has 0 aliphatic carbocycles. The first-order valence-electron chi connectivity index (χ1n) is 3.07. The second-order valence-corrected chi connectivity index (χ2v) is 2.13. The molecule has 2 aromatic rings. The number of fused-ring (bicyclic) bond motifs is 1. The summed E-state index contributed by atoms with van der Waals surface area (Å²) in [6.07, 6.45) is 1.48. The second-order valence-electron chi connectivity index (χ2n) is 2.13. The molecule has 0 fully saturated rings. The van der Waals surface area contributed by atoms with Gasteiger partial charge in [0.1, 0.15) is 12.2 Å². The first kappa shape index (κ1) is 6.02. The summed E-state index contributed by atoms with van der Waals surface area (Å²) in [5, 5.41) is 7.36. The van der Waals surface area contributed by atoms with Crippen LogP contribution >= 0.6 is 0 Å². The van der Waals surface area contributed by atoms with Crippen LogP contribution in [0.15, 0.2) is 6.33 Å². The van der Waals surface area contributed by atoms with Crippen LogP contribution < -0.4 is 5.73 Å². The number of hydrogen-bond donors (Lipinski definition) is 1. The zero-order valence-electron chi connectivity index (χ0n) is 5.89. The third kappa shape index (κ3) is 0.794. The molecule has 0 aliphatic heterocycles. The monoisotopic (exact) mass is 150 g/mol. The SMILES string of the molecule is Cc1nc(N)n2cnnc2n1. The van der Waals surface area contributed by atoms with Gasteiger partial charge in [-0.05, 0) is 6.92 Å². The Balaban J connectivity index is 2.91. The molecule has 6 nitrogen and oxygen atoms in total. The topological polar surface area (TPSA) is 82.0 Å². The molecule has 0 spiro atoms. The Bertz CT molecular complexity index is 391. The maximum Gasteiger partial charge on any atom is 0.259 e. The highest BCUT2D eigenvalue weighted by Crippen LogP contribution is 2.00. The van der Waals surface area contributed by atoms with Crippen molar-refractivity contribution in [3.05, 3.63) is 12.2 Å². The number of nitrogens with two attached hydrogens (primary N) is 1. The highest BCUT2D eigenvalue weighted by atomic mass is 15.3. The molecule has 2 rings (SSSR count). The zero-order chi connectivity index (χ0) is 7.84. The number of nitrogens with zero attached hydrogens (tertiary/aromatic N) is 5. The van der Waals surface area contributed by atoms with E-state index in [4.69, 9.17) is 5.73 Å². The minimum absolute atomic E-state index is 0.359.